The van der Waals surface area contributed by atoms with Crippen LogP contribution in [0.2, 0.25) is 5.02 Å². The van der Waals surface area contributed by atoms with Gasteiger partial charge < -0.3 is 9.84 Å². The molecule has 2 aromatic carbocycles. The average molecular weight is 344 g/mol. The van der Waals surface area contributed by atoms with Crippen LogP contribution >= 0.6 is 11.6 Å². The predicted molar refractivity (Wildman–Crippen MR) is 95.1 cm³/mol. The molecule has 0 amide bonds. The Labute approximate surface area is 145 Å². The number of carbonyl (C=O) groups is 1. The molecule has 4 nitrogen and oxygen atoms in total. The lowest BCUT2D eigenvalue weighted by atomic mass is 10.1. The van der Waals surface area contributed by atoms with Gasteiger partial charge in [-0.1, -0.05) is 11.6 Å². The first kappa shape index (κ1) is 16.6. The van der Waals surface area contributed by atoms with E-state index in [-0.39, 0.29) is 5.91 Å². The maximum Gasteiger partial charge on any atom is 0.262 e. The highest BCUT2D eigenvalue weighted by Crippen LogP contribution is 2.28. The number of aromatic nitrogens is 1. The minimum atomic E-state index is -0.499. The van der Waals surface area contributed by atoms with Crippen molar-refractivity contribution in [3.8, 4) is 5.75 Å². The molecule has 1 heterocycles. The van der Waals surface area contributed by atoms with Crippen molar-refractivity contribution < 1.29 is 14.6 Å². The fraction of sp³-hybridized carbons (Fsp3) is 0.211. The Bertz CT molecular complexity index is 882. The number of nitrogens with zero attached hydrogens (tertiary/aromatic N) is 1. The van der Waals surface area contributed by atoms with Crippen LogP contribution in [0.4, 0.5) is 0 Å². The normalized spacial score (nSPS) is 12.3. The first-order valence-electron chi connectivity index (χ1n) is 7.66. The van der Waals surface area contributed by atoms with E-state index in [9.17, 15) is 9.90 Å². The topological polar surface area (TPSA) is 51.5 Å². The summed E-state index contributed by atoms with van der Waals surface area (Å²) in [6.45, 7) is 1.73. The summed E-state index contributed by atoms with van der Waals surface area (Å²) in [5.41, 5.74) is 2.24. The quantitative estimate of drug-likeness (QED) is 0.781. The number of aliphatic hydroxyl groups is 1. The van der Waals surface area contributed by atoms with Gasteiger partial charge in [-0.25, -0.2) is 0 Å². The molecular formula is C19H18ClNO3. The molecule has 1 atom stereocenters. The van der Waals surface area contributed by atoms with E-state index in [0.717, 1.165) is 16.5 Å². The second-order valence-electron chi connectivity index (χ2n) is 5.77. The van der Waals surface area contributed by atoms with Crippen LogP contribution in [0, 0.1) is 0 Å². The molecule has 3 aromatic rings. The average Bonchev–Trinajstić information content (AvgIpc) is 2.92. The molecule has 0 saturated heterocycles. The monoisotopic (exact) mass is 343 g/mol. The number of aliphatic hydroxyl groups excluding tert-OH is 1. The van der Waals surface area contributed by atoms with Gasteiger partial charge in [0, 0.05) is 28.6 Å². The van der Waals surface area contributed by atoms with Crippen LogP contribution in [-0.4, -0.2) is 28.8 Å². The van der Waals surface area contributed by atoms with Crippen LogP contribution < -0.4 is 4.74 Å². The lowest BCUT2D eigenvalue weighted by molar-refractivity contribution is 0.0964. The van der Waals surface area contributed by atoms with Crippen LogP contribution in [0.1, 0.15) is 22.8 Å². The standard InChI is InChI=1S/C19H18ClNO3/c1-12(22)9-14-11-21(18-8-7-16(24-2)10-17(14)18)19(23)13-3-5-15(20)6-4-13/h3-8,10-12,22H,9H2,1-2H3. The number of fused-ring (bicyclic) bond motifs is 1. The Balaban J connectivity index is 2.13. The maximum absolute atomic E-state index is 12.9. The number of rotatable bonds is 4. The Morgan fingerprint density at radius 1 is 1.25 bits per heavy atom. The van der Waals surface area contributed by atoms with Crippen LogP contribution in [0.25, 0.3) is 10.9 Å². The van der Waals surface area contributed by atoms with Gasteiger partial charge in [0.2, 0.25) is 0 Å². The van der Waals surface area contributed by atoms with E-state index in [2.05, 4.69) is 0 Å². The number of ether oxygens (including phenoxy) is 1. The highest BCUT2D eigenvalue weighted by molar-refractivity contribution is 6.30. The van der Waals surface area contributed by atoms with Gasteiger partial charge in [0.1, 0.15) is 5.75 Å². The molecule has 0 saturated carbocycles. The number of hydrogen-bond acceptors (Lipinski definition) is 3. The summed E-state index contributed by atoms with van der Waals surface area (Å²) in [6.07, 6.45) is 1.75. The van der Waals surface area contributed by atoms with Gasteiger partial charge in [-0.15, -0.1) is 0 Å². The summed E-state index contributed by atoms with van der Waals surface area (Å²) >= 11 is 5.89. The summed E-state index contributed by atoms with van der Waals surface area (Å²) in [6, 6.07) is 12.4. The molecule has 0 aliphatic carbocycles. The molecule has 3 rings (SSSR count). The molecule has 5 heteroatoms. The molecule has 124 valence electrons. The van der Waals surface area contributed by atoms with Gasteiger partial charge >= 0.3 is 0 Å². The fourth-order valence-electron chi connectivity index (χ4n) is 2.78. The molecule has 1 unspecified atom stereocenters. The van der Waals surface area contributed by atoms with Crippen molar-refractivity contribution in [1.29, 1.82) is 0 Å². The van der Waals surface area contributed by atoms with Gasteiger partial charge in [0.15, 0.2) is 0 Å². The molecule has 24 heavy (non-hydrogen) atoms. The fourth-order valence-corrected chi connectivity index (χ4v) is 2.91. The van der Waals surface area contributed by atoms with Gasteiger partial charge in [-0.2, -0.15) is 0 Å². The van der Waals surface area contributed by atoms with Gasteiger partial charge in [-0.3, -0.25) is 9.36 Å². The van der Waals surface area contributed by atoms with Crippen LogP contribution in [-0.2, 0) is 6.42 Å². The van der Waals surface area contributed by atoms with Crippen molar-refractivity contribution in [2.24, 2.45) is 0 Å². The first-order chi connectivity index (χ1) is 11.5. The van der Waals surface area contributed by atoms with Crippen molar-refractivity contribution in [2.45, 2.75) is 19.4 Å². The summed E-state index contributed by atoms with van der Waals surface area (Å²) in [7, 11) is 1.60. The highest BCUT2D eigenvalue weighted by Gasteiger charge is 2.17. The Hall–Kier alpha value is -2.30. The van der Waals surface area contributed by atoms with E-state index in [1.165, 1.54) is 0 Å². The Kier molecular flexibility index (Phi) is 4.60. The molecule has 0 aliphatic rings. The summed E-state index contributed by atoms with van der Waals surface area (Å²) in [5.74, 6) is 0.574. The lowest BCUT2D eigenvalue weighted by Gasteiger charge is -2.05. The number of benzene rings is 2. The zero-order valence-electron chi connectivity index (χ0n) is 13.5. The zero-order chi connectivity index (χ0) is 17.3. The number of carbonyl (C=O) groups excluding carboxylic acids is 1. The van der Waals surface area contributed by atoms with E-state index in [1.807, 2.05) is 18.2 Å². The van der Waals surface area contributed by atoms with Crippen molar-refractivity contribution in [3.05, 3.63) is 64.8 Å². The van der Waals surface area contributed by atoms with Gasteiger partial charge in [-0.05, 0) is 55.0 Å². The minimum Gasteiger partial charge on any atom is -0.497 e. The minimum absolute atomic E-state index is 0.140. The van der Waals surface area contributed by atoms with Crippen molar-refractivity contribution in [2.75, 3.05) is 7.11 Å². The third kappa shape index (κ3) is 3.16. The third-order valence-corrected chi connectivity index (χ3v) is 4.17. The molecule has 0 radical (unpaired) electrons. The van der Waals surface area contributed by atoms with Crippen molar-refractivity contribution in [3.63, 3.8) is 0 Å². The molecule has 0 bridgehead atoms. The van der Waals surface area contributed by atoms with E-state index in [4.69, 9.17) is 16.3 Å². The maximum atomic E-state index is 12.9. The van der Waals surface area contributed by atoms with Crippen molar-refractivity contribution in [1.82, 2.24) is 4.57 Å². The van der Waals surface area contributed by atoms with Gasteiger partial charge in [0.05, 0.1) is 18.7 Å². The van der Waals surface area contributed by atoms with Crippen LogP contribution in [0.3, 0.4) is 0 Å². The van der Waals surface area contributed by atoms with Crippen molar-refractivity contribution >= 4 is 28.4 Å². The molecule has 0 fully saturated rings. The highest BCUT2D eigenvalue weighted by atomic mass is 35.5. The predicted octanol–water partition coefficient (Wildman–Crippen LogP) is 3.92. The first-order valence-corrected chi connectivity index (χ1v) is 8.03. The third-order valence-electron chi connectivity index (χ3n) is 3.92. The van der Waals surface area contributed by atoms with E-state index >= 15 is 0 Å². The molecular weight excluding hydrogens is 326 g/mol. The van der Waals surface area contributed by atoms with Crippen LogP contribution in [0.15, 0.2) is 48.7 Å². The van der Waals surface area contributed by atoms with E-state index in [1.54, 1.807) is 49.1 Å². The molecule has 1 aromatic heterocycles. The number of halogens is 1. The Morgan fingerprint density at radius 2 is 1.96 bits per heavy atom. The van der Waals surface area contributed by atoms with E-state index < -0.39 is 6.10 Å². The van der Waals surface area contributed by atoms with E-state index in [0.29, 0.717) is 22.8 Å². The second kappa shape index (κ2) is 6.67. The Morgan fingerprint density at radius 3 is 2.58 bits per heavy atom. The second-order valence-corrected chi connectivity index (χ2v) is 6.21. The molecule has 1 N–H and O–H groups in total. The zero-order valence-corrected chi connectivity index (χ0v) is 14.2. The smallest absolute Gasteiger partial charge is 0.262 e. The number of methoxy groups -OCH3 is 1. The summed E-state index contributed by atoms with van der Waals surface area (Å²) in [4.78, 5) is 12.9. The summed E-state index contributed by atoms with van der Waals surface area (Å²) < 4.78 is 6.89. The van der Waals surface area contributed by atoms with Gasteiger partial charge in [0.25, 0.3) is 5.91 Å². The number of hydrogen-bond donors (Lipinski definition) is 1. The molecule has 0 spiro atoms. The SMILES string of the molecule is COc1ccc2c(c1)c(CC(C)O)cn2C(=O)c1ccc(Cl)cc1. The van der Waals surface area contributed by atoms with Crippen LogP contribution in [0.5, 0.6) is 5.75 Å². The largest absolute Gasteiger partial charge is 0.497 e. The lowest BCUT2D eigenvalue weighted by Crippen LogP contribution is -2.10. The molecule has 0 aliphatic heterocycles. The summed E-state index contributed by atoms with van der Waals surface area (Å²) in [5, 5.41) is 11.2.